The molecule has 7 heteroatoms. The number of carbonyl (C=O) groups excluding carboxylic acids is 1. The second-order valence-corrected chi connectivity index (χ2v) is 9.11. The molecule has 2 heterocycles. The molecule has 0 saturated carbocycles. The SMILES string of the molecule is CCCC1(OC)CCCC[Si]1(OC)OC.O=C1NCCO1. The van der Waals surface area contributed by atoms with Gasteiger partial charge in [0.2, 0.25) is 0 Å². The van der Waals surface area contributed by atoms with E-state index >= 15 is 0 Å². The summed E-state index contributed by atoms with van der Waals surface area (Å²) in [5.74, 6) is 0. The third-order valence-electron chi connectivity index (χ3n) is 4.34. The Kier molecular flexibility index (Phi) is 7.65. The van der Waals surface area contributed by atoms with E-state index < -0.39 is 8.56 Å². The first-order valence-electron chi connectivity index (χ1n) is 7.66. The lowest BCUT2D eigenvalue weighted by Crippen LogP contribution is -2.64. The van der Waals surface area contributed by atoms with Crippen LogP contribution in [-0.2, 0) is 18.3 Å². The molecule has 1 N–H and O–H groups in total. The van der Waals surface area contributed by atoms with E-state index in [0.717, 1.165) is 25.3 Å². The van der Waals surface area contributed by atoms with Crippen molar-refractivity contribution in [3.8, 4) is 0 Å². The topological polar surface area (TPSA) is 66.0 Å². The maximum absolute atomic E-state index is 9.91. The highest BCUT2D eigenvalue weighted by atomic mass is 28.4. The summed E-state index contributed by atoms with van der Waals surface area (Å²) in [7, 11) is 3.22. The van der Waals surface area contributed by atoms with Crippen molar-refractivity contribution < 1.29 is 23.1 Å². The molecule has 0 aliphatic carbocycles. The lowest BCUT2D eigenvalue weighted by molar-refractivity contribution is -0.0149. The first-order valence-corrected chi connectivity index (χ1v) is 9.68. The highest BCUT2D eigenvalue weighted by molar-refractivity contribution is 6.70. The minimum atomic E-state index is -2.15. The molecular formula is C14H29NO5Si. The normalized spacial score (nSPS) is 27.3. The molecule has 2 fully saturated rings. The van der Waals surface area contributed by atoms with Crippen LogP contribution in [0.15, 0.2) is 0 Å². The van der Waals surface area contributed by atoms with Gasteiger partial charge in [0, 0.05) is 21.3 Å². The van der Waals surface area contributed by atoms with Gasteiger partial charge in [-0.1, -0.05) is 26.2 Å². The van der Waals surface area contributed by atoms with E-state index in [1.165, 1.54) is 12.8 Å². The van der Waals surface area contributed by atoms with Crippen molar-refractivity contribution >= 4 is 14.7 Å². The lowest BCUT2D eigenvalue weighted by Gasteiger charge is -2.47. The van der Waals surface area contributed by atoms with Gasteiger partial charge in [-0.05, 0) is 18.9 Å². The molecule has 2 aliphatic rings. The Hall–Kier alpha value is -0.633. The predicted octanol–water partition coefficient (Wildman–Crippen LogP) is 2.36. The molecule has 2 saturated heterocycles. The number of hydrogen-bond acceptors (Lipinski definition) is 5. The molecule has 21 heavy (non-hydrogen) atoms. The highest BCUT2D eigenvalue weighted by Gasteiger charge is 2.58. The standard InChI is InChI=1S/C11H24O3Si.C3H5NO2/c1-5-8-11(12-2)9-6-7-10-15(11,13-3)14-4;5-3-4-1-2-6-3/h5-10H2,1-4H3;1-2H2,(H,4,5). The summed E-state index contributed by atoms with van der Waals surface area (Å²) in [5.41, 5.74) is 0. The van der Waals surface area contributed by atoms with Gasteiger partial charge in [-0.3, -0.25) is 0 Å². The molecule has 2 aliphatic heterocycles. The second-order valence-electron chi connectivity index (χ2n) is 5.38. The summed E-state index contributed by atoms with van der Waals surface area (Å²) < 4.78 is 21.8. The van der Waals surface area contributed by atoms with E-state index in [1.54, 1.807) is 21.3 Å². The molecule has 1 atom stereocenters. The molecule has 0 aromatic rings. The van der Waals surface area contributed by atoms with Crippen molar-refractivity contribution in [1.82, 2.24) is 5.32 Å². The second kappa shape index (κ2) is 8.72. The van der Waals surface area contributed by atoms with Gasteiger partial charge in [0.1, 0.15) is 11.8 Å². The molecule has 1 unspecified atom stereocenters. The summed E-state index contributed by atoms with van der Waals surface area (Å²) in [5, 5.41) is 2.34. The van der Waals surface area contributed by atoms with E-state index in [0.29, 0.717) is 13.2 Å². The predicted molar refractivity (Wildman–Crippen MR) is 82.4 cm³/mol. The maximum atomic E-state index is 9.91. The zero-order chi connectivity index (χ0) is 15.8. The fourth-order valence-corrected chi connectivity index (χ4v) is 7.26. The van der Waals surface area contributed by atoms with E-state index in [1.807, 2.05) is 0 Å². The summed E-state index contributed by atoms with van der Waals surface area (Å²) in [4.78, 5) is 9.91. The van der Waals surface area contributed by atoms with Crippen LogP contribution in [0.25, 0.3) is 0 Å². The molecule has 2 rings (SSSR count). The third-order valence-corrected chi connectivity index (χ3v) is 8.76. The maximum Gasteiger partial charge on any atom is 0.407 e. The van der Waals surface area contributed by atoms with Crippen LogP contribution in [0.2, 0.25) is 6.04 Å². The minimum absolute atomic E-state index is 0.122. The largest absolute Gasteiger partial charge is 0.448 e. The summed E-state index contributed by atoms with van der Waals surface area (Å²) in [6, 6.07) is 1.06. The van der Waals surface area contributed by atoms with Gasteiger partial charge >= 0.3 is 14.7 Å². The first kappa shape index (κ1) is 18.4. The quantitative estimate of drug-likeness (QED) is 0.788. The molecule has 0 bridgehead atoms. The molecule has 0 aromatic heterocycles. The van der Waals surface area contributed by atoms with Crippen LogP contribution in [0.3, 0.4) is 0 Å². The summed E-state index contributed by atoms with van der Waals surface area (Å²) in [6.45, 7) is 3.39. The van der Waals surface area contributed by atoms with E-state index in [-0.39, 0.29) is 11.3 Å². The van der Waals surface area contributed by atoms with Gasteiger partial charge < -0.3 is 23.6 Å². The van der Waals surface area contributed by atoms with Crippen LogP contribution in [0.5, 0.6) is 0 Å². The minimum Gasteiger partial charge on any atom is -0.448 e. The molecule has 0 spiro atoms. The number of hydrogen-bond donors (Lipinski definition) is 1. The molecule has 6 nitrogen and oxygen atoms in total. The van der Waals surface area contributed by atoms with Crippen LogP contribution in [0.1, 0.15) is 39.0 Å². The number of methoxy groups -OCH3 is 1. The Bertz CT molecular complexity index is 312. The number of alkyl carbamates (subject to hydrolysis) is 1. The van der Waals surface area contributed by atoms with Crippen molar-refractivity contribution in [2.75, 3.05) is 34.5 Å². The van der Waals surface area contributed by atoms with Crippen molar-refractivity contribution in [2.45, 2.75) is 50.3 Å². The van der Waals surface area contributed by atoms with Crippen LogP contribution in [0, 0.1) is 0 Å². The van der Waals surface area contributed by atoms with Gasteiger partial charge in [0.05, 0.1) is 6.54 Å². The van der Waals surface area contributed by atoms with E-state index in [2.05, 4.69) is 17.0 Å². The molecule has 1 amide bonds. The van der Waals surface area contributed by atoms with Crippen molar-refractivity contribution in [1.29, 1.82) is 0 Å². The van der Waals surface area contributed by atoms with Crippen LogP contribution < -0.4 is 5.32 Å². The number of ether oxygens (including phenoxy) is 2. The zero-order valence-corrected chi connectivity index (χ0v) is 14.7. The average molecular weight is 319 g/mol. The average Bonchev–Trinajstić information content (AvgIpc) is 3.00. The molecular weight excluding hydrogens is 290 g/mol. The Morgan fingerprint density at radius 2 is 2.00 bits per heavy atom. The Labute approximate surface area is 128 Å². The summed E-state index contributed by atoms with van der Waals surface area (Å²) >= 11 is 0. The zero-order valence-electron chi connectivity index (χ0n) is 13.7. The number of nitrogens with one attached hydrogen (secondary N) is 1. The first-order chi connectivity index (χ1) is 10.1. The Morgan fingerprint density at radius 1 is 1.29 bits per heavy atom. The van der Waals surface area contributed by atoms with Gasteiger partial charge in [-0.15, -0.1) is 0 Å². The molecule has 124 valence electrons. The lowest BCUT2D eigenvalue weighted by atomic mass is 10.1. The van der Waals surface area contributed by atoms with Gasteiger partial charge in [0.25, 0.3) is 0 Å². The number of cyclic esters (lactones) is 1. The fourth-order valence-electron chi connectivity index (χ4n) is 3.27. The fraction of sp³-hybridized carbons (Fsp3) is 0.929. The highest BCUT2D eigenvalue weighted by Crippen LogP contribution is 2.42. The van der Waals surface area contributed by atoms with Crippen LogP contribution in [-0.4, -0.2) is 54.4 Å². The van der Waals surface area contributed by atoms with Crippen molar-refractivity contribution in [2.24, 2.45) is 0 Å². The Morgan fingerprint density at radius 3 is 2.38 bits per heavy atom. The number of amides is 1. The monoisotopic (exact) mass is 319 g/mol. The van der Waals surface area contributed by atoms with Crippen molar-refractivity contribution in [3.63, 3.8) is 0 Å². The molecule has 0 aromatic carbocycles. The number of rotatable bonds is 5. The van der Waals surface area contributed by atoms with Crippen LogP contribution in [0.4, 0.5) is 4.79 Å². The van der Waals surface area contributed by atoms with Gasteiger partial charge in [-0.25, -0.2) is 4.79 Å². The molecule has 0 radical (unpaired) electrons. The van der Waals surface area contributed by atoms with Crippen LogP contribution >= 0.6 is 0 Å². The van der Waals surface area contributed by atoms with E-state index in [9.17, 15) is 4.79 Å². The Balaban J connectivity index is 0.000000304. The summed E-state index contributed by atoms with van der Waals surface area (Å²) in [6.07, 6.45) is 5.41. The van der Waals surface area contributed by atoms with Crippen molar-refractivity contribution in [3.05, 3.63) is 0 Å². The smallest absolute Gasteiger partial charge is 0.407 e. The van der Waals surface area contributed by atoms with Gasteiger partial charge in [0.15, 0.2) is 0 Å². The number of carbonyl (C=O) groups is 1. The van der Waals surface area contributed by atoms with E-state index in [4.69, 9.17) is 13.6 Å². The third kappa shape index (κ3) is 4.18. The van der Waals surface area contributed by atoms with Gasteiger partial charge in [-0.2, -0.15) is 0 Å².